The molecule has 0 aliphatic heterocycles. The summed E-state index contributed by atoms with van der Waals surface area (Å²) in [7, 11) is 0. The predicted molar refractivity (Wildman–Crippen MR) is 57.8 cm³/mol. The summed E-state index contributed by atoms with van der Waals surface area (Å²) in [5.41, 5.74) is 6.97. The molecule has 1 aromatic carbocycles. The van der Waals surface area contributed by atoms with Gasteiger partial charge in [0.05, 0.1) is 10.6 Å². The molecule has 3 heteroatoms. The van der Waals surface area contributed by atoms with E-state index < -0.39 is 0 Å². The number of rotatable bonds is 3. The summed E-state index contributed by atoms with van der Waals surface area (Å²) in [6.07, 6.45) is 2.10. The molecule has 0 heterocycles. The summed E-state index contributed by atoms with van der Waals surface area (Å²) >= 11 is 5.98. The number of hydrogen-bond acceptors (Lipinski definition) is 2. The van der Waals surface area contributed by atoms with Crippen molar-refractivity contribution in [2.24, 2.45) is 5.73 Å². The second kappa shape index (κ2) is 3.44. The zero-order chi connectivity index (χ0) is 10.2. The smallest absolute Gasteiger partial charge is 0.138 e. The van der Waals surface area contributed by atoms with Crippen LogP contribution in [0.5, 0.6) is 5.75 Å². The maximum atomic E-state index is 5.98. The zero-order valence-corrected chi connectivity index (χ0v) is 8.97. The van der Waals surface area contributed by atoms with E-state index in [1.54, 1.807) is 0 Å². The topological polar surface area (TPSA) is 35.2 Å². The summed E-state index contributed by atoms with van der Waals surface area (Å²) in [6, 6.07) is 5.75. The lowest BCUT2D eigenvalue weighted by Gasteiger charge is -2.12. The van der Waals surface area contributed by atoms with Crippen LogP contribution in [0, 0.1) is 6.92 Å². The van der Waals surface area contributed by atoms with Crippen molar-refractivity contribution in [1.82, 2.24) is 0 Å². The summed E-state index contributed by atoms with van der Waals surface area (Å²) in [6.45, 7) is 2.58. The van der Waals surface area contributed by atoms with E-state index in [-0.39, 0.29) is 5.54 Å². The normalized spacial score (nSPS) is 17.9. The third kappa shape index (κ3) is 2.20. The van der Waals surface area contributed by atoms with E-state index in [9.17, 15) is 0 Å². The molecule has 2 N–H and O–H groups in total. The van der Waals surface area contributed by atoms with Gasteiger partial charge in [0.15, 0.2) is 0 Å². The first-order valence-corrected chi connectivity index (χ1v) is 5.15. The van der Waals surface area contributed by atoms with Crippen LogP contribution < -0.4 is 10.5 Å². The largest absolute Gasteiger partial charge is 0.490 e. The lowest BCUT2D eigenvalue weighted by Crippen LogP contribution is -2.29. The third-order valence-corrected chi connectivity index (χ3v) is 2.81. The molecule has 2 nitrogen and oxygen atoms in total. The summed E-state index contributed by atoms with van der Waals surface area (Å²) in [5.74, 6) is 0.739. The average molecular weight is 212 g/mol. The van der Waals surface area contributed by atoms with Gasteiger partial charge in [-0.25, -0.2) is 0 Å². The highest BCUT2D eigenvalue weighted by Gasteiger charge is 2.39. The van der Waals surface area contributed by atoms with Gasteiger partial charge >= 0.3 is 0 Å². The standard InChI is InChI=1S/C11H14ClNO/c1-8-2-3-9(12)10(6-8)14-7-11(13)4-5-11/h2-3,6H,4-5,7,13H2,1H3. The molecule has 0 amide bonds. The minimum absolute atomic E-state index is 0.0902. The summed E-state index contributed by atoms with van der Waals surface area (Å²) < 4.78 is 5.59. The number of hydrogen-bond donors (Lipinski definition) is 1. The molecule has 1 fully saturated rings. The van der Waals surface area contributed by atoms with Crippen molar-refractivity contribution in [3.05, 3.63) is 28.8 Å². The molecule has 1 aliphatic carbocycles. The molecule has 1 saturated carbocycles. The Kier molecular flexibility index (Phi) is 2.41. The van der Waals surface area contributed by atoms with Crippen LogP contribution in [-0.2, 0) is 0 Å². The SMILES string of the molecule is Cc1ccc(Cl)c(OCC2(N)CC2)c1. The first kappa shape index (κ1) is 9.81. The van der Waals surface area contributed by atoms with Gasteiger partial charge < -0.3 is 10.5 Å². The quantitative estimate of drug-likeness (QED) is 0.834. The van der Waals surface area contributed by atoms with Crippen LogP contribution in [0.4, 0.5) is 0 Å². The number of ether oxygens (including phenoxy) is 1. The van der Waals surface area contributed by atoms with Gasteiger partial charge in [-0.05, 0) is 37.5 Å². The fourth-order valence-corrected chi connectivity index (χ4v) is 1.42. The molecule has 2 rings (SSSR count). The average Bonchev–Trinajstić information content (AvgIpc) is 2.87. The molecule has 0 bridgehead atoms. The van der Waals surface area contributed by atoms with E-state index in [0.29, 0.717) is 11.6 Å². The maximum Gasteiger partial charge on any atom is 0.138 e. The third-order valence-electron chi connectivity index (χ3n) is 2.49. The molecule has 76 valence electrons. The van der Waals surface area contributed by atoms with Crippen LogP contribution in [0.1, 0.15) is 18.4 Å². The Hall–Kier alpha value is -0.730. The molecule has 14 heavy (non-hydrogen) atoms. The first-order chi connectivity index (χ1) is 6.59. The highest BCUT2D eigenvalue weighted by Crippen LogP contribution is 2.34. The van der Waals surface area contributed by atoms with Gasteiger partial charge in [0.1, 0.15) is 12.4 Å². The summed E-state index contributed by atoms with van der Waals surface area (Å²) in [4.78, 5) is 0. The van der Waals surface area contributed by atoms with Crippen molar-refractivity contribution in [1.29, 1.82) is 0 Å². The molecular formula is C11H14ClNO. The predicted octanol–water partition coefficient (Wildman–Crippen LogP) is 2.52. The van der Waals surface area contributed by atoms with Crippen molar-refractivity contribution in [3.8, 4) is 5.75 Å². The lowest BCUT2D eigenvalue weighted by molar-refractivity contribution is 0.279. The van der Waals surface area contributed by atoms with E-state index in [1.165, 1.54) is 0 Å². The first-order valence-electron chi connectivity index (χ1n) is 4.77. The number of aryl methyl sites for hydroxylation is 1. The Morgan fingerprint density at radius 1 is 1.50 bits per heavy atom. The zero-order valence-electron chi connectivity index (χ0n) is 8.22. The van der Waals surface area contributed by atoms with Gasteiger partial charge in [-0.1, -0.05) is 17.7 Å². The fourth-order valence-electron chi connectivity index (χ4n) is 1.25. The van der Waals surface area contributed by atoms with Crippen molar-refractivity contribution in [2.45, 2.75) is 25.3 Å². The highest BCUT2D eigenvalue weighted by molar-refractivity contribution is 6.32. The molecule has 0 saturated heterocycles. The lowest BCUT2D eigenvalue weighted by atomic mass is 10.2. The van der Waals surface area contributed by atoms with Gasteiger partial charge in [0.25, 0.3) is 0 Å². The monoisotopic (exact) mass is 211 g/mol. The van der Waals surface area contributed by atoms with Crippen LogP contribution in [0.3, 0.4) is 0 Å². The van der Waals surface area contributed by atoms with Gasteiger partial charge in [0, 0.05) is 0 Å². The Balaban J connectivity index is 2.04. The summed E-state index contributed by atoms with van der Waals surface area (Å²) in [5, 5.41) is 0.653. The van der Waals surface area contributed by atoms with E-state index in [1.807, 2.05) is 25.1 Å². The van der Waals surface area contributed by atoms with Crippen molar-refractivity contribution in [2.75, 3.05) is 6.61 Å². The highest BCUT2D eigenvalue weighted by atomic mass is 35.5. The molecule has 0 aromatic heterocycles. The van der Waals surface area contributed by atoms with Crippen molar-refractivity contribution >= 4 is 11.6 Å². The van der Waals surface area contributed by atoms with Crippen LogP contribution >= 0.6 is 11.6 Å². The van der Waals surface area contributed by atoms with Crippen LogP contribution in [0.15, 0.2) is 18.2 Å². The fraction of sp³-hybridized carbons (Fsp3) is 0.455. The van der Waals surface area contributed by atoms with E-state index in [4.69, 9.17) is 22.1 Å². The molecule has 0 unspecified atom stereocenters. The van der Waals surface area contributed by atoms with Crippen molar-refractivity contribution in [3.63, 3.8) is 0 Å². The van der Waals surface area contributed by atoms with Gasteiger partial charge in [-0.2, -0.15) is 0 Å². The minimum atomic E-state index is -0.0902. The second-order valence-corrected chi connectivity index (χ2v) is 4.49. The maximum absolute atomic E-state index is 5.98. The molecule has 0 atom stereocenters. The van der Waals surface area contributed by atoms with Gasteiger partial charge in [-0.15, -0.1) is 0 Å². The van der Waals surface area contributed by atoms with E-state index >= 15 is 0 Å². The number of nitrogens with two attached hydrogens (primary N) is 1. The van der Waals surface area contributed by atoms with Crippen molar-refractivity contribution < 1.29 is 4.74 Å². The second-order valence-electron chi connectivity index (χ2n) is 4.08. The Bertz CT molecular complexity index is 347. The van der Waals surface area contributed by atoms with E-state index in [2.05, 4.69) is 0 Å². The van der Waals surface area contributed by atoms with Crippen LogP contribution in [0.25, 0.3) is 0 Å². The van der Waals surface area contributed by atoms with E-state index in [0.717, 1.165) is 24.2 Å². The molecule has 0 radical (unpaired) electrons. The number of benzene rings is 1. The minimum Gasteiger partial charge on any atom is -0.490 e. The van der Waals surface area contributed by atoms with Gasteiger partial charge in [0.2, 0.25) is 0 Å². The van der Waals surface area contributed by atoms with Crippen LogP contribution in [-0.4, -0.2) is 12.1 Å². The Labute approximate surface area is 89.0 Å². The molecule has 0 spiro atoms. The molecular weight excluding hydrogens is 198 g/mol. The molecule has 1 aromatic rings. The number of halogens is 1. The molecule has 1 aliphatic rings. The van der Waals surface area contributed by atoms with Gasteiger partial charge in [-0.3, -0.25) is 0 Å². The Morgan fingerprint density at radius 2 is 2.21 bits per heavy atom. The Morgan fingerprint density at radius 3 is 2.86 bits per heavy atom. The van der Waals surface area contributed by atoms with Crippen LogP contribution in [0.2, 0.25) is 5.02 Å².